The summed E-state index contributed by atoms with van der Waals surface area (Å²) in [5.41, 5.74) is -2.59. The molecule has 0 aliphatic carbocycles. The molecule has 0 saturated carbocycles. The number of aromatic nitrogens is 3. The highest BCUT2D eigenvalue weighted by atomic mass is 32.1. The van der Waals surface area contributed by atoms with E-state index in [9.17, 15) is 22.8 Å². The third kappa shape index (κ3) is 4.54. The number of fused-ring (bicyclic) bond motifs is 1. The van der Waals surface area contributed by atoms with Gasteiger partial charge in [0.1, 0.15) is 5.69 Å². The molecule has 0 aliphatic rings. The fourth-order valence-corrected chi connectivity index (χ4v) is 3.72. The molecular formula is C20H20F3N3O3S. The maximum atomic E-state index is 13.0. The van der Waals surface area contributed by atoms with E-state index in [1.54, 1.807) is 12.1 Å². The highest BCUT2D eigenvalue weighted by Crippen LogP contribution is 2.28. The Morgan fingerprint density at radius 1 is 1.20 bits per heavy atom. The molecule has 10 heteroatoms. The fourth-order valence-electron chi connectivity index (χ4n) is 2.96. The summed E-state index contributed by atoms with van der Waals surface area (Å²) in [4.78, 5) is 24.8. The van der Waals surface area contributed by atoms with Crippen molar-refractivity contribution in [2.75, 3.05) is 6.61 Å². The van der Waals surface area contributed by atoms with Gasteiger partial charge in [-0.15, -0.1) is 0 Å². The van der Waals surface area contributed by atoms with Crippen molar-refractivity contribution < 1.29 is 17.9 Å². The zero-order chi connectivity index (χ0) is 21.9. The van der Waals surface area contributed by atoms with Crippen LogP contribution >= 0.6 is 11.5 Å². The molecule has 0 N–H and O–H groups in total. The summed E-state index contributed by atoms with van der Waals surface area (Å²) in [6, 6.07) is 5.19. The lowest BCUT2D eigenvalue weighted by Gasteiger charge is -2.14. The van der Waals surface area contributed by atoms with E-state index < -0.39 is 23.1 Å². The van der Waals surface area contributed by atoms with Gasteiger partial charge < -0.3 is 4.74 Å². The predicted octanol–water partition coefficient (Wildman–Crippen LogP) is 4.04. The minimum absolute atomic E-state index is 0.175. The predicted molar refractivity (Wildman–Crippen MR) is 109 cm³/mol. The molecule has 30 heavy (non-hydrogen) atoms. The zero-order valence-electron chi connectivity index (χ0n) is 16.4. The van der Waals surface area contributed by atoms with Gasteiger partial charge in [0.15, 0.2) is 0 Å². The Hall–Kier alpha value is -2.72. The zero-order valence-corrected chi connectivity index (χ0v) is 17.2. The van der Waals surface area contributed by atoms with Gasteiger partial charge in [-0.05, 0) is 42.6 Å². The van der Waals surface area contributed by atoms with Crippen molar-refractivity contribution >= 4 is 21.6 Å². The average Bonchev–Trinajstić information content (AvgIpc) is 3.09. The molecule has 0 amide bonds. The summed E-state index contributed by atoms with van der Waals surface area (Å²) in [5, 5.41) is 0.690. The van der Waals surface area contributed by atoms with E-state index in [0.717, 1.165) is 24.6 Å². The van der Waals surface area contributed by atoms with Crippen molar-refractivity contribution in [3.63, 3.8) is 0 Å². The Kier molecular flexibility index (Phi) is 6.57. The molecule has 0 unspecified atom stereocenters. The van der Waals surface area contributed by atoms with Crippen LogP contribution in [-0.4, -0.2) is 20.1 Å². The third-order valence-corrected chi connectivity index (χ3v) is 5.33. The summed E-state index contributed by atoms with van der Waals surface area (Å²) < 4.78 is 51.1. The second-order valence-electron chi connectivity index (χ2n) is 6.57. The lowest BCUT2D eigenvalue weighted by Crippen LogP contribution is -2.40. The topological polar surface area (TPSA) is 66.1 Å². The first-order valence-corrected chi connectivity index (χ1v) is 10.0. The number of ether oxygens (including phenoxy) is 1. The molecule has 6 nitrogen and oxygen atoms in total. The van der Waals surface area contributed by atoms with E-state index in [1.165, 1.54) is 17.6 Å². The normalized spacial score (nSPS) is 12.3. The molecular weight excluding hydrogens is 419 g/mol. The van der Waals surface area contributed by atoms with E-state index in [4.69, 9.17) is 4.74 Å². The molecule has 0 bridgehead atoms. The van der Waals surface area contributed by atoms with Gasteiger partial charge in [-0.1, -0.05) is 19.1 Å². The van der Waals surface area contributed by atoms with Gasteiger partial charge in [0.05, 0.1) is 29.3 Å². The van der Waals surface area contributed by atoms with Crippen LogP contribution in [0.1, 0.15) is 31.2 Å². The van der Waals surface area contributed by atoms with Crippen molar-refractivity contribution in [1.29, 1.82) is 0 Å². The van der Waals surface area contributed by atoms with E-state index in [-0.39, 0.29) is 12.3 Å². The molecule has 0 saturated heterocycles. The van der Waals surface area contributed by atoms with Crippen molar-refractivity contribution in [3.05, 3.63) is 68.6 Å². The summed E-state index contributed by atoms with van der Waals surface area (Å²) in [5.74, 6) is 0. The largest absolute Gasteiger partial charge is 0.431 e. The Labute approximate surface area is 174 Å². The van der Waals surface area contributed by atoms with Crippen LogP contribution in [0, 0.1) is 0 Å². The summed E-state index contributed by atoms with van der Waals surface area (Å²) in [6.07, 6.45) is 1.02. The summed E-state index contributed by atoms with van der Waals surface area (Å²) in [7, 11) is 0.984. The number of alkyl halides is 3. The lowest BCUT2D eigenvalue weighted by molar-refractivity contribution is -0.144. The van der Waals surface area contributed by atoms with Crippen LogP contribution in [0.3, 0.4) is 0 Å². The Morgan fingerprint density at radius 2 is 1.97 bits per heavy atom. The SMILES string of the molecule is CCC=CCCOCc1nsc2ccc(-n3c(=O)cc(C(F)(F)F)n(C)c3=O)cc12. The highest BCUT2D eigenvalue weighted by Gasteiger charge is 2.35. The standard InChI is InChI=1S/C20H20F3N3O3S/c1-3-4-5-6-9-29-12-15-14-10-13(7-8-16(14)30-24-15)26-18(27)11-17(20(21,22)23)25(2)19(26)28/h4-5,7-8,10-11H,3,6,9,12H2,1-2H3. The van der Waals surface area contributed by atoms with Gasteiger partial charge >= 0.3 is 11.9 Å². The molecule has 0 radical (unpaired) electrons. The van der Waals surface area contributed by atoms with Crippen LogP contribution in [0.5, 0.6) is 0 Å². The van der Waals surface area contributed by atoms with Crippen LogP contribution < -0.4 is 11.2 Å². The van der Waals surface area contributed by atoms with Crippen LogP contribution in [0.4, 0.5) is 13.2 Å². The van der Waals surface area contributed by atoms with Crippen molar-refractivity contribution in [3.8, 4) is 5.69 Å². The lowest BCUT2D eigenvalue weighted by atomic mass is 10.2. The van der Waals surface area contributed by atoms with E-state index in [2.05, 4.69) is 10.4 Å². The van der Waals surface area contributed by atoms with Gasteiger partial charge in [-0.3, -0.25) is 9.36 Å². The molecule has 160 valence electrons. The number of nitrogens with zero attached hydrogens (tertiary/aromatic N) is 3. The molecule has 3 rings (SSSR count). The molecule has 0 spiro atoms. The minimum Gasteiger partial charge on any atom is -0.375 e. The third-order valence-electron chi connectivity index (χ3n) is 4.47. The van der Waals surface area contributed by atoms with E-state index in [1.807, 2.05) is 13.0 Å². The second-order valence-corrected chi connectivity index (χ2v) is 7.38. The number of halogens is 3. The monoisotopic (exact) mass is 439 g/mol. The molecule has 0 atom stereocenters. The molecule has 2 heterocycles. The van der Waals surface area contributed by atoms with Gasteiger partial charge in [0, 0.05) is 18.5 Å². The van der Waals surface area contributed by atoms with Crippen LogP contribution in [0.25, 0.3) is 15.8 Å². The maximum absolute atomic E-state index is 13.0. The van der Waals surface area contributed by atoms with Gasteiger partial charge in [0.2, 0.25) is 0 Å². The molecule has 1 aromatic carbocycles. The van der Waals surface area contributed by atoms with E-state index >= 15 is 0 Å². The van der Waals surface area contributed by atoms with Crippen molar-refractivity contribution in [2.45, 2.75) is 32.5 Å². The number of allylic oxidation sites excluding steroid dienone is 1. The first kappa shape index (κ1) is 22.0. The van der Waals surface area contributed by atoms with Crippen LogP contribution in [0.15, 0.2) is 46.0 Å². The Balaban J connectivity index is 1.95. The van der Waals surface area contributed by atoms with Crippen molar-refractivity contribution in [2.24, 2.45) is 7.05 Å². The van der Waals surface area contributed by atoms with Gasteiger partial charge in [0.25, 0.3) is 5.56 Å². The molecule has 2 aromatic heterocycles. The number of hydrogen-bond acceptors (Lipinski definition) is 5. The molecule has 0 aliphatic heterocycles. The van der Waals surface area contributed by atoms with Crippen LogP contribution in [0.2, 0.25) is 0 Å². The summed E-state index contributed by atoms with van der Waals surface area (Å²) in [6.45, 7) is 2.82. The van der Waals surface area contributed by atoms with Gasteiger partial charge in [-0.2, -0.15) is 17.5 Å². The highest BCUT2D eigenvalue weighted by molar-refractivity contribution is 7.13. The van der Waals surface area contributed by atoms with Crippen molar-refractivity contribution in [1.82, 2.24) is 13.5 Å². The average molecular weight is 439 g/mol. The molecule has 0 fully saturated rings. The quantitative estimate of drug-likeness (QED) is 0.412. The van der Waals surface area contributed by atoms with E-state index in [0.29, 0.717) is 32.9 Å². The maximum Gasteiger partial charge on any atom is 0.431 e. The second kappa shape index (κ2) is 8.97. The molecule has 3 aromatic rings. The summed E-state index contributed by atoms with van der Waals surface area (Å²) >= 11 is 1.24. The first-order valence-electron chi connectivity index (χ1n) is 9.25. The number of benzene rings is 1. The smallest absolute Gasteiger partial charge is 0.375 e. The number of hydrogen-bond donors (Lipinski definition) is 0. The van der Waals surface area contributed by atoms with Gasteiger partial charge in [-0.25, -0.2) is 9.36 Å². The first-order chi connectivity index (χ1) is 14.2. The fraction of sp³-hybridized carbons (Fsp3) is 0.350. The number of rotatable bonds is 7. The Morgan fingerprint density at radius 3 is 2.67 bits per heavy atom. The minimum atomic E-state index is -4.80. The van der Waals surface area contributed by atoms with Crippen LogP contribution in [-0.2, 0) is 24.6 Å². The Bertz CT molecular complexity index is 1190.